The predicted octanol–water partition coefficient (Wildman–Crippen LogP) is 3.80. The maximum Gasteiger partial charge on any atom is 0.338 e. The number of carbonyl (C=O) groups excluding carboxylic acids is 1. The van der Waals surface area contributed by atoms with Crippen molar-refractivity contribution in [3.63, 3.8) is 0 Å². The monoisotopic (exact) mass is 419 g/mol. The molecular formula is C23H18ClN3O3. The minimum Gasteiger partial charge on any atom is -0.492 e. The standard InChI is InChI=1S/C23H18ClN3O3/c24-19-8-13(4-5-15(19)10-25)17-2-1-3-20(17)30-23(28)14-6-7-18-21(9-14)29-12-16-11-26-27-22(16)18/h1-2,4-9,16-17,20,26H,3,11-12H2. The van der Waals surface area contributed by atoms with Crippen LogP contribution in [0.25, 0.3) is 0 Å². The number of nitrogens with one attached hydrogen (secondary N) is 1. The summed E-state index contributed by atoms with van der Waals surface area (Å²) in [6, 6.07) is 12.7. The molecule has 5 rings (SSSR count). The van der Waals surface area contributed by atoms with E-state index in [9.17, 15) is 4.79 Å². The highest BCUT2D eigenvalue weighted by atomic mass is 35.5. The molecule has 0 bridgehead atoms. The number of halogens is 1. The van der Waals surface area contributed by atoms with Gasteiger partial charge in [-0.3, -0.25) is 0 Å². The molecule has 3 atom stereocenters. The van der Waals surface area contributed by atoms with Crippen molar-refractivity contribution in [3.05, 3.63) is 75.8 Å². The Bertz CT molecular complexity index is 1130. The van der Waals surface area contributed by atoms with Crippen LogP contribution in [0.15, 0.2) is 53.7 Å². The van der Waals surface area contributed by atoms with Crippen molar-refractivity contribution in [1.82, 2.24) is 5.43 Å². The molecule has 2 aromatic rings. The van der Waals surface area contributed by atoms with Crippen LogP contribution in [-0.4, -0.2) is 30.9 Å². The van der Waals surface area contributed by atoms with Crippen molar-refractivity contribution in [3.8, 4) is 11.8 Å². The lowest BCUT2D eigenvalue weighted by atomic mass is 9.94. The number of benzene rings is 2. The minimum atomic E-state index is -0.395. The first-order chi connectivity index (χ1) is 14.6. The van der Waals surface area contributed by atoms with Gasteiger partial charge in [-0.2, -0.15) is 10.4 Å². The summed E-state index contributed by atoms with van der Waals surface area (Å²) < 4.78 is 11.7. The molecule has 0 aromatic heterocycles. The van der Waals surface area contributed by atoms with Crippen LogP contribution in [-0.2, 0) is 4.74 Å². The Kier molecular flexibility index (Phi) is 4.68. The van der Waals surface area contributed by atoms with E-state index in [2.05, 4.69) is 16.6 Å². The number of hydrogen-bond donors (Lipinski definition) is 1. The van der Waals surface area contributed by atoms with Crippen LogP contribution in [0, 0.1) is 17.2 Å². The Morgan fingerprint density at radius 3 is 3.03 bits per heavy atom. The molecule has 2 aliphatic heterocycles. The van der Waals surface area contributed by atoms with Gasteiger partial charge in [-0.1, -0.05) is 29.8 Å². The Balaban J connectivity index is 1.34. The number of nitrogens with zero attached hydrogens (tertiary/aromatic N) is 2. The molecule has 3 aliphatic rings. The van der Waals surface area contributed by atoms with E-state index in [1.165, 1.54) is 0 Å². The van der Waals surface area contributed by atoms with Crippen molar-refractivity contribution in [2.24, 2.45) is 11.0 Å². The predicted molar refractivity (Wildman–Crippen MR) is 112 cm³/mol. The second kappa shape index (κ2) is 7.51. The zero-order chi connectivity index (χ0) is 20.7. The van der Waals surface area contributed by atoms with Gasteiger partial charge in [-0.25, -0.2) is 4.79 Å². The molecule has 150 valence electrons. The van der Waals surface area contributed by atoms with E-state index in [1.807, 2.05) is 24.3 Å². The van der Waals surface area contributed by atoms with E-state index in [0.29, 0.717) is 34.9 Å². The molecule has 0 saturated carbocycles. The lowest BCUT2D eigenvalue weighted by Crippen LogP contribution is -2.29. The van der Waals surface area contributed by atoms with Crippen molar-refractivity contribution in [2.75, 3.05) is 13.2 Å². The topological polar surface area (TPSA) is 83.7 Å². The molecule has 0 fully saturated rings. The highest BCUT2D eigenvalue weighted by molar-refractivity contribution is 6.31. The zero-order valence-corrected chi connectivity index (χ0v) is 16.7. The summed E-state index contributed by atoms with van der Waals surface area (Å²) in [7, 11) is 0. The normalized spacial score (nSPS) is 23.5. The van der Waals surface area contributed by atoms with Crippen LogP contribution >= 0.6 is 11.6 Å². The number of rotatable bonds is 3. The summed E-state index contributed by atoms with van der Waals surface area (Å²) in [5.74, 6) is 0.407. The van der Waals surface area contributed by atoms with Crippen molar-refractivity contribution >= 4 is 23.3 Å². The first-order valence-corrected chi connectivity index (χ1v) is 10.2. The lowest BCUT2D eigenvalue weighted by Gasteiger charge is -2.23. The number of fused-ring (bicyclic) bond motifs is 3. The lowest BCUT2D eigenvalue weighted by molar-refractivity contribution is 0.0294. The summed E-state index contributed by atoms with van der Waals surface area (Å²) in [5.41, 5.74) is 6.69. The largest absolute Gasteiger partial charge is 0.492 e. The summed E-state index contributed by atoms with van der Waals surface area (Å²) in [6.45, 7) is 1.32. The number of esters is 1. The SMILES string of the molecule is N#Cc1ccc(C2C=CCC2OC(=O)c2ccc3c(c2)OCC2CNN=C32)cc1Cl. The summed E-state index contributed by atoms with van der Waals surface area (Å²) >= 11 is 6.18. The number of ether oxygens (including phenoxy) is 2. The summed E-state index contributed by atoms with van der Waals surface area (Å²) in [6.07, 6.45) is 4.30. The smallest absolute Gasteiger partial charge is 0.338 e. The first kappa shape index (κ1) is 18.7. The van der Waals surface area contributed by atoms with Crippen molar-refractivity contribution in [1.29, 1.82) is 5.26 Å². The Labute approximate surface area is 178 Å². The summed E-state index contributed by atoms with van der Waals surface area (Å²) in [4.78, 5) is 12.8. The maximum absolute atomic E-state index is 12.8. The van der Waals surface area contributed by atoms with Gasteiger partial charge in [0.1, 0.15) is 17.9 Å². The quantitative estimate of drug-likeness (QED) is 0.604. The Hall–Kier alpha value is -3.30. The average molecular weight is 420 g/mol. The molecule has 0 amide bonds. The van der Waals surface area contributed by atoms with E-state index in [0.717, 1.165) is 23.4 Å². The van der Waals surface area contributed by atoms with Crippen molar-refractivity contribution in [2.45, 2.75) is 18.4 Å². The van der Waals surface area contributed by atoms with Gasteiger partial charge in [0.2, 0.25) is 0 Å². The fraction of sp³-hybridized carbons (Fsp3) is 0.261. The number of hydrogen-bond acceptors (Lipinski definition) is 6. The van der Waals surface area contributed by atoms with Crippen LogP contribution < -0.4 is 10.2 Å². The molecule has 0 saturated heterocycles. The summed E-state index contributed by atoms with van der Waals surface area (Å²) in [5, 5.41) is 13.8. The highest BCUT2D eigenvalue weighted by Gasteiger charge is 2.32. The van der Waals surface area contributed by atoms with E-state index in [-0.39, 0.29) is 17.9 Å². The van der Waals surface area contributed by atoms with E-state index in [4.69, 9.17) is 26.3 Å². The van der Waals surface area contributed by atoms with Crippen LogP contribution in [0.1, 0.15) is 39.4 Å². The van der Waals surface area contributed by atoms with Gasteiger partial charge in [0.15, 0.2) is 0 Å². The van der Waals surface area contributed by atoms with Crippen LogP contribution in [0.3, 0.4) is 0 Å². The van der Waals surface area contributed by atoms with Crippen LogP contribution in [0.5, 0.6) is 5.75 Å². The van der Waals surface area contributed by atoms with Gasteiger partial charge in [0.05, 0.1) is 34.4 Å². The zero-order valence-electron chi connectivity index (χ0n) is 16.0. The number of hydrazone groups is 1. The van der Waals surface area contributed by atoms with Gasteiger partial charge >= 0.3 is 5.97 Å². The van der Waals surface area contributed by atoms with Gasteiger partial charge in [0, 0.05) is 24.4 Å². The maximum atomic E-state index is 12.8. The third kappa shape index (κ3) is 3.21. The van der Waals surface area contributed by atoms with Gasteiger partial charge in [-0.15, -0.1) is 0 Å². The average Bonchev–Trinajstić information content (AvgIpc) is 3.42. The first-order valence-electron chi connectivity index (χ1n) is 9.79. The second-order valence-corrected chi connectivity index (χ2v) is 7.97. The molecule has 2 aromatic carbocycles. The van der Waals surface area contributed by atoms with Crippen molar-refractivity contribution < 1.29 is 14.3 Å². The molecule has 2 heterocycles. The fourth-order valence-corrected chi connectivity index (χ4v) is 4.36. The molecule has 1 N–H and O–H groups in total. The third-order valence-corrected chi connectivity index (χ3v) is 6.04. The van der Waals surface area contributed by atoms with Crippen LogP contribution in [0.2, 0.25) is 5.02 Å². The molecule has 1 aliphatic carbocycles. The highest BCUT2D eigenvalue weighted by Crippen LogP contribution is 2.35. The third-order valence-electron chi connectivity index (χ3n) is 5.73. The molecule has 0 radical (unpaired) electrons. The van der Waals surface area contributed by atoms with Gasteiger partial charge < -0.3 is 14.9 Å². The van der Waals surface area contributed by atoms with Crippen LogP contribution in [0.4, 0.5) is 0 Å². The molecular weight excluding hydrogens is 402 g/mol. The minimum absolute atomic E-state index is 0.104. The van der Waals surface area contributed by atoms with E-state index in [1.54, 1.807) is 24.3 Å². The number of nitriles is 1. The Morgan fingerprint density at radius 1 is 1.30 bits per heavy atom. The molecule has 6 nitrogen and oxygen atoms in total. The van der Waals surface area contributed by atoms with Gasteiger partial charge in [0.25, 0.3) is 0 Å². The molecule has 0 spiro atoms. The second-order valence-electron chi connectivity index (χ2n) is 7.56. The van der Waals surface area contributed by atoms with E-state index >= 15 is 0 Å². The fourth-order valence-electron chi connectivity index (χ4n) is 4.13. The van der Waals surface area contributed by atoms with Gasteiger partial charge in [-0.05, 0) is 35.9 Å². The number of carbonyl (C=O) groups is 1. The Morgan fingerprint density at radius 2 is 2.20 bits per heavy atom. The molecule has 3 unspecified atom stereocenters. The van der Waals surface area contributed by atoms with E-state index < -0.39 is 5.97 Å². The molecule has 30 heavy (non-hydrogen) atoms. The molecule has 7 heteroatoms.